The van der Waals surface area contributed by atoms with Crippen LogP contribution in [-0.4, -0.2) is 26.8 Å². The van der Waals surface area contributed by atoms with Crippen LogP contribution in [0.1, 0.15) is 84.2 Å². The Morgan fingerprint density at radius 1 is 0.733 bits per heavy atom. The molecule has 0 fully saturated rings. The van der Waals surface area contributed by atoms with Gasteiger partial charge >= 0.3 is 0 Å². The quantitative estimate of drug-likeness (QED) is 0.449. The third-order valence-electron chi connectivity index (χ3n) is 6.63. The molecule has 2 aromatic carbocycles. The van der Waals surface area contributed by atoms with Crippen LogP contribution in [0, 0.1) is 0 Å². The van der Waals surface area contributed by atoms with Crippen molar-refractivity contribution in [1.82, 2.24) is 0 Å². The zero-order valence-electron chi connectivity index (χ0n) is 18.5. The zero-order chi connectivity index (χ0) is 21.8. The average Bonchev–Trinajstić information content (AvgIpc) is 2.80. The molecular formula is C26H32O4. The Hall–Kier alpha value is -2.30. The van der Waals surface area contributed by atoms with Gasteiger partial charge in [0.05, 0.1) is 0 Å². The molecule has 4 nitrogen and oxygen atoms in total. The van der Waals surface area contributed by atoms with E-state index in [9.17, 15) is 9.59 Å². The Balaban J connectivity index is 2.44. The Labute approximate surface area is 179 Å². The molecule has 0 saturated heterocycles. The van der Waals surface area contributed by atoms with E-state index in [1.54, 1.807) is 14.2 Å². The smallest absolute Gasteiger partial charge is 0.150 e. The van der Waals surface area contributed by atoms with Crippen LogP contribution in [0.3, 0.4) is 0 Å². The Morgan fingerprint density at radius 2 is 1.13 bits per heavy atom. The molecule has 0 aromatic heterocycles. The summed E-state index contributed by atoms with van der Waals surface area (Å²) in [6, 6.07) is 11.6. The largest absolute Gasteiger partial charge is 0.370 e. The van der Waals surface area contributed by atoms with Gasteiger partial charge < -0.3 is 9.47 Å². The van der Waals surface area contributed by atoms with E-state index < -0.39 is 11.2 Å². The standard InChI is InChI=1S/C26H32O4/c1-5-7-13-25(29-3)23-15-19(17-27)9-11-21(23)22-12-10-20(18-28)16-24(22)26(25,30-4)14-8-6-2/h9-12,15-18H,5-8,13-14H2,1-4H3. The van der Waals surface area contributed by atoms with Crippen molar-refractivity contribution in [2.75, 3.05) is 14.2 Å². The number of benzene rings is 2. The van der Waals surface area contributed by atoms with Crippen LogP contribution in [0.4, 0.5) is 0 Å². The van der Waals surface area contributed by atoms with E-state index in [1.807, 2.05) is 36.4 Å². The monoisotopic (exact) mass is 408 g/mol. The van der Waals surface area contributed by atoms with Crippen molar-refractivity contribution in [2.24, 2.45) is 0 Å². The second-order valence-electron chi connectivity index (χ2n) is 8.12. The molecule has 0 heterocycles. The molecule has 0 amide bonds. The summed E-state index contributed by atoms with van der Waals surface area (Å²) in [6.07, 6.45) is 7.23. The number of hydrogen-bond acceptors (Lipinski definition) is 4. The molecule has 2 aromatic rings. The van der Waals surface area contributed by atoms with Gasteiger partial charge in [-0.3, -0.25) is 9.59 Å². The molecule has 30 heavy (non-hydrogen) atoms. The number of methoxy groups -OCH3 is 2. The molecule has 1 aliphatic rings. The molecule has 1 aliphatic carbocycles. The zero-order valence-corrected chi connectivity index (χ0v) is 18.5. The number of rotatable bonds is 10. The molecule has 0 radical (unpaired) electrons. The number of carbonyl (C=O) groups excluding carboxylic acids is 2. The summed E-state index contributed by atoms with van der Waals surface area (Å²) in [5, 5.41) is 0. The number of aldehydes is 2. The Bertz CT molecular complexity index is 844. The van der Waals surface area contributed by atoms with Crippen LogP contribution in [0.5, 0.6) is 0 Å². The first-order chi connectivity index (χ1) is 14.6. The van der Waals surface area contributed by atoms with Crippen LogP contribution < -0.4 is 0 Å². The normalized spacial score (nSPS) is 22.3. The summed E-state index contributed by atoms with van der Waals surface area (Å²) in [7, 11) is 3.47. The third kappa shape index (κ3) is 3.32. The lowest BCUT2D eigenvalue weighted by atomic mass is 9.61. The van der Waals surface area contributed by atoms with Crippen molar-refractivity contribution in [3.05, 3.63) is 58.7 Å². The molecule has 0 spiro atoms. The molecule has 0 saturated carbocycles. The van der Waals surface area contributed by atoms with Gasteiger partial charge in [-0.1, -0.05) is 63.8 Å². The van der Waals surface area contributed by atoms with Crippen LogP contribution in [0.25, 0.3) is 11.1 Å². The highest BCUT2D eigenvalue weighted by atomic mass is 16.5. The van der Waals surface area contributed by atoms with Gasteiger partial charge in [-0.05, 0) is 47.2 Å². The molecule has 3 rings (SSSR count). The lowest BCUT2D eigenvalue weighted by Gasteiger charge is -2.54. The second kappa shape index (κ2) is 9.23. The van der Waals surface area contributed by atoms with Crippen molar-refractivity contribution >= 4 is 12.6 Å². The highest BCUT2D eigenvalue weighted by Gasteiger charge is 2.58. The summed E-state index contributed by atoms with van der Waals surface area (Å²) >= 11 is 0. The van der Waals surface area contributed by atoms with E-state index in [4.69, 9.17) is 9.47 Å². The Kier molecular flexibility index (Phi) is 6.89. The predicted molar refractivity (Wildman–Crippen MR) is 119 cm³/mol. The van der Waals surface area contributed by atoms with E-state index in [0.717, 1.165) is 73.4 Å². The van der Waals surface area contributed by atoms with E-state index in [-0.39, 0.29) is 0 Å². The number of carbonyl (C=O) groups is 2. The van der Waals surface area contributed by atoms with Gasteiger partial charge in [-0.25, -0.2) is 0 Å². The summed E-state index contributed by atoms with van der Waals surface area (Å²) in [5.41, 5.74) is 3.80. The van der Waals surface area contributed by atoms with Gasteiger partial charge in [-0.15, -0.1) is 0 Å². The summed E-state index contributed by atoms with van der Waals surface area (Å²) in [5.74, 6) is 0. The van der Waals surface area contributed by atoms with Crippen molar-refractivity contribution in [1.29, 1.82) is 0 Å². The first-order valence-electron chi connectivity index (χ1n) is 10.9. The average molecular weight is 409 g/mol. The minimum Gasteiger partial charge on any atom is -0.370 e. The first-order valence-corrected chi connectivity index (χ1v) is 10.9. The molecular weight excluding hydrogens is 376 g/mol. The predicted octanol–water partition coefficient (Wildman–Crippen LogP) is 6.06. The highest BCUT2D eigenvalue weighted by molar-refractivity contribution is 5.85. The van der Waals surface area contributed by atoms with Gasteiger partial charge in [0.1, 0.15) is 23.8 Å². The van der Waals surface area contributed by atoms with Crippen LogP contribution in [0.15, 0.2) is 36.4 Å². The fraction of sp³-hybridized carbons (Fsp3) is 0.462. The van der Waals surface area contributed by atoms with Gasteiger partial charge in [0, 0.05) is 25.3 Å². The number of fused-ring (bicyclic) bond motifs is 3. The van der Waals surface area contributed by atoms with Crippen LogP contribution >= 0.6 is 0 Å². The van der Waals surface area contributed by atoms with Crippen LogP contribution in [0.2, 0.25) is 0 Å². The van der Waals surface area contributed by atoms with Crippen molar-refractivity contribution in [2.45, 2.75) is 63.6 Å². The molecule has 2 unspecified atom stereocenters. The third-order valence-corrected chi connectivity index (χ3v) is 6.63. The van der Waals surface area contributed by atoms with Crippen molar-refractivity contribution in [3.8, 4) is 11.1 Å². The number of unbranched alkanes of at least 4 members (excludes halogenated alkanes) is 2. The maximum Gasteiger partial charge on any atom is 0.150 e. The van der Waals surface area contributed by atoms with Crippen LogP contribution in [-0.2, 0) is 20.7 Å². The van der Waals surface area contributed by atoms with E-state index in [1.165, 1.54) is 0 Å². The van der Waals surface area contributed by atoms with Crippen molar-refractivity contribution in [3.63, 3.8) is 0 Å². The Morgan fingerprint density at radius 3 is 1.43 bits per heavy atom. The maximum absolute atomic E-state index is 11.6. The van der Waals surface area contributed by atoms with Gasteiger partial charge in [0.2, 0.25) is 0 Å². The summed E-state index contributed by atoms with van der Waals surface area (Å²) in [4.78, 5) is 23.3. The highest BCUT2D eigenvalue weighted by Crippen LogP contribution is 2.59. The topological polar surface area (TPSA) is 52.6 Å². The van der Waals surface area contributed by atoms with Gasteiger partial charge in [-0.2, -0.15) is 0 Å². The minimum absolute atomic E-state index is 0.625. The minimum atomic E-state index is -0.754. The fourth-order valence-electron chi connectivity index (χ4n) is 5.12. The summed E-state index contributed by atoms with van der Waals surface area (Å²) in [6.45, 7) is 4.32. The van der Waals surface area contributed by atoms with Gasteiger partial charge in [0.25, 0.3) is 0 Å². The van der Waals surface area contributed by atoms with E-state index >= 15 is 0 Å². The first kappa shape index (κ1) is 22.4. The fourth-order valence-corrected chi connectivity index (χ4v) is 5.12. The molecule has 4 heteroatoms. The molecule has 0 N–H and O–H groups in total. The lowest BCUT2D eigenvalue weighted by molar-refractivity contribution is -0.209. The molecule has 0 aliphatic heterocycles. The summed E-state index contributed by atoms with van der Waals surface area (Å²) < 4.78 is 12.8. The number of ether oxygens (including phenoxy) is 2. The lowest BCUT2D eigenvalue weighted by Crippen LogP contribution is -2.54. The number of hydrogen-bond donors (Lipinski definition) is 0. The maximum atomic E-state index is 11.6. The van der Waals surface area contributed by atoms with E-state index in [2.05, 4.69) is 13.8 Å². The molecule has 0 bridgehead atoms. The van der Waals surface area contributed by atoms with Crippen molar-refractivity contribution < 1.29 is 19.1 Å². The van der Waals surface area contributed by atoms with E-state index in [0.29, 0.717) is 11.1 Å². The molecule has 160 valence electrons. The second-order valence-corrected chi connectivity index (χ2v) is 8.12. The van der Waals surface area contributed by atoms with Gasteiger partial charge in [0.15, 0.2) is 0 Å². The SMILES string of the molecule is CCCCC1(OC)c2cc(C=O)ccc2-c2ccc(C=O)cc2C1(CCCC)OC. The molecule has 2 atom stereocenters.